The molecule has 8 fully saturated rings. The maximum absolute atomic E-state index is 5.71. The van der Waals surface area contributed by atoms with Crippen LogP contribution in [-0.4, -0.2) is 73.2 Å². The Kier molecular flexibility index (Phi) is 140. The minimum absolute atomic E-state index is 0. The SMILES string of the molecule is CC(C)(C)OCCCCC1CCCC1.CC(C)(C)OCCCCC1CCCC1.CC(C)(C)OCCCCC1CCCC1.CC(C)(C)OCCCCCCC1CCCC1.CC(C)(C)OCCCCCCC1CCCC1.CC(C)(C)OCCCCCCC1CCCC1.CCCCC1CCCC1.CCCCCCC1CCCC1.[CH3-].[CH3-].[CH3-].[CH3-].[CH3-].[CH3-].[CH3-].[CH3-].[Cl][Zr+2][Cl].[Cl][Zr+2][Cl].[Cl][Zr+2][Cl].[Cl][Zr+2][Cl]. The summed E-state index contributed by atoms with van der Waals surface area (Å²) in [5, 5.41) is 0. The van der Waals surface area contributed by atoms with Crippen molar-refractivity contribution in [2.24, 2.45) is 47.3 Å². The number of ether oxygens (including phenoxy) is 6. The fourth-order valence-electron chi connectivity index (χ4n) is 18.3. The van der Waals surface area contributed by atoms with Gasteiger partial charge in [-0.25, -0.2) is 0 Å². The second-order valence-electron chi connectivity index (χ2n) is 43.3. The first-order chi connectivity index (χ1) is 58.0. The van der Waals surface area contributed by atoms with E-state index in [0.717, 1.165) is 87.0 Å². The maximum atomic E-state index is 5.71. The molecule has 8 rings (SSSR count). The molecule has 0 aromatic rings. The Labute approximate surface area is 899 Å². The minimum atomic E-state index is -0.826. The van der Waals surface area contributed by atoms with Crippen LogP contribution in [0.15, 0.2) is 0 Å². The van der Waals surface area contributed by atoms with Gasteiger partial charge in [0, 0.05) is 39.6 Å². The van der Waals surface area contributed by atoms with Gasteiger partial charge in [-0.3, -0.25) is 0 Å². The van der Waals surface area contributed by atoms with Gasteiger partial charge in [-0.15, -0.1) is 0 Å². The normalized spacial score (nSPS) is 16.3. The van der Waals surface area contributed by atoms with Gasteiger partial charge in [0.2, 0.25) is 0 Å². The molecule has 0 aliphatic heterocycles. The molecule has 0 saturated heterocycles. The van der Waals surface area contributed by atoms with E-state index in [9.17, 15) is 0 Å². The monoisotopic (exact) mass is 2310 g/mol. The molecule has 0 spiro atoms. The molecule has 8 aliphatic carbocycles. The van der Waals surface area contributed by atoms with Crippen LogP contribution >= 0.6 is 68.1 Å². The second kappa shape index (κ2) is 113. The van der Waals surface area contributed by atoms with Crippen LogP contribution in [0.4, 0.5) is 0 Å². The van der Waals surface area contributed by atoms with Crippen molar-refractivity contribution in [3.63, 3.8) is 0 Å². The van der Waals surface area contributed by atoms with Crippen molar-refractivity contribution in [2.45, 2.75) is 583 Å². The Balaban J connectivity index is -0.000000120. The molecule has 8 aliphatic rings. The molecular formula is C112H232Cl8O6Zr4. The van der Waals surface area contributed by atoms with Gasteiger partial charge in [0.1, 0.15) is 0 Å². The average molecular weight is 2320 g/mol. The van der Waals surface area contributed by atoms with Crippen LogP contribution in [0.3, 0.4) is 0 Å². The van der Waals surface area contributed by atoms with Crippen molar-refractivity contribution < 1.29 is 112 Å². The van der Waals surface area contributed by atoms with Gasteiger partial charge in [-0.2, -0.15) is 0 Å². The van der Waals surface area contributed by atoms with Crippen molar-refractivity contribution in [1.29, 1.82) is 0 Å². The molecule has 788 valence electrons. The second-order valence-corrected chi connectivity index (χ2v) is 58.3. The Morgan fingerprint density at radius 2 is 0.269 bits per heavy atom. The molecule has 0 radical (unpaired) electrons. The summed E-state index contributed by atoms with van der Waals surface area (Å²) in [7, 11) is 39.5. The molecule has 130 heavy (non-hydrogen) atoms. The molecule has 8 saturated carbocycles. The molecule has 0 aromatic heterocycles. The molecule has 18 heteroatoms. The number of halogens is 8. The quantitative estimate of drug-likeness (QED) is 0.0448. The molecular weight excluding hydrogens is 2090 g/mol. The van der Waals surface area contributed by atoms with E-state index in [1.165, 1.54) is 411 Å². The third-order valence-electron chi connectivity index (χ3n) is 25.0. The Bertz CT molecular complexity index is 1810. The number of hydrogen-bond acceptors (Lipinski definition) is 6. The Hall–Kier alpha value is 5.61. The fourth-order valence-corrected chi connectivity index (χ4v) is 18.3. The summed E-state index contributed by atoms with van der Waals surface area (Å²) in [4.78, 5) is 0. The summed E-state index contributed by atoms with van der Waals surface area (Å²) in [6.07, 6.45) is 92.5. The standard InChI is InChI=1S/3C15H30O.3C13H26O.C11H22.C9H18.8CH3.8ClH.4Zr/c3*1-15(2,3)16-13-9-5-4-6-10-14-11-7-8-12-14;3*1-13(2,3)14-11-7-6-10-12-8-4-5-9-12;1-2-3-4-5-8-11-9-6-7-10-11;1-2-3-6-9-7-4-5-8-9;;;;;;;;;;;;;;;;;;;;/h3*14H,4-13H2,1-3H3;3*12H,4-11H2,1-3H3;11H,2-10H2,1H3;9H,2-8H2,1H3;8*1H3;8*1H;;;;/q;;;;;;;;8*-1;;;;;;;;;4*+4/p-8. The van der Waals surface area contributed by atoms with Crippen molar-refractivity contribution in [1.82, 2.24) is 0 Å². The topological polar surface area (TPSA) is 55.4 Å². The fraction of sp³-hybridized carbons (Fsp3) is 0.929. The van der Waals surface area contributed by atoms with E-state index in [2.05, 4.69) is 138 Å². The van der Waals surface area contributed by atoms with E-state index in [-0.39, 0.29) is 93.0 Å². The molecule has 0 heterocycles. The summed E-state index contributed by atoms with van der Waals surface area (Å²) in [6, 6.07) is 0. The molecule has 0 amide bonds. The van der Waals surface area contributed by atoms with Gasteiger partial charge in [0.25, 0.3) is 0 Å². The summed E-state index contributed by atoms with van der Waals surface area (Å²) in [6.45, 7) is 48.6. The molecule has 0 aromatic carbocycles. The number of hydrogen-bond donors (Lipinski definition) is 0. The van der Waals surface area contributed by atoms with Crippen LogP contribution in [-0.2, 0) is 112 Å². The number of unbranched alkanes of at least 4 members (excludes halogenated alkanes) is 16. The van der Waals surface area contributed by atoms with Crippen molar-refractivity contribution in [3.8, 4) is 0 Å². The summed E-state index contributed by atoms with van der Waals surface area (Å²) < 4.78 is 34.2. The van der Waals surface area contributed by atoms with Gasteiger partial charge in [0.15, 0.2) is 0 Å². The Morgan fingerprint density at radius 3 is 0.392 bits per heavy atom. The van der Waals surface area contributed by atoms with Crippen LogP contribution in [0.5, 0.6) is 0 Å². The van der Waals surface area contributed by atoms with Gasteiger partial charge < -0.3 is 87.8 Å². The van der Waals surface area contributed by atoms with E-state index < -0.39 is 83.4 Å². The van der Waals surface area contributed by atoms with Gasteiger partial charge in [-0.05, 0) is 210 Å². The van der Waals surface area contributed by atoms with Crippen LogP contribution < -0.4 is 0 Å². The molecule has 0 atom stereocenters. The first kappa shape index (κ1) is 161. The summed E-state index contributed by atoms with van der Waals surface area (Å²) >= 11 is -3.30. The van der Waals surface area contributed by atoms with Crippen LogP contribution in [0.25, 0.3) is 0 Å². The zero-order chi connectivity index (χ0) is 92.2. The van der Waals surface area contributed by atoms with Crippen LogP contribution in [0.1, 0.15) is 549 Å². The zero-order valence-corrected chi connectivity index (χ0v) is 108. The third kappa shape index (κ3) is 136. The first-order valence-electron chi connectivity index (χ1n) is 51.7. The average Bonchev–Trinajstić information content (AvgIpc) is 1.85. The molecule has 0 N–H and O–H groups in total. The molecule has 0 bridgehead atoms. The van der Waals surface area contributed by atoms with E-state index in [4.69, 9.17) is 96.5 Å². The Morgan fingerprint density at radius 1 is 0.169 bits per heavy atom. The van der Waals surface area contributed by atoms with E-state index in [1.54, 1.807) is 0 Å². The predicted octanol–water partition coefficient (Wildman–Crippen LogP) is 43.9. The van der Waals surface area contributed by atoms with Crippen molar-refractivity contribution in [3.05, 3.63) is 59.4 Å². The third-order valence-corrected chi connectivity index (χ3v) is 25.0. The van der Waals surface area contributed by atoms with Gasteiger partial charge in [0.05, 0.1) is 33.6 Å². The molecule has 6 nitrogen and oxygen atoms in total. The summed E-state index contributed by atoms with van der Waals surface area (Å²) in [5.41, 5.74) is 0.283. The van der Waals surface area contributed by atoms with Gasteiger partial charge >= 0.3 is 151 Å². The van der Waals surface area contributed by atoms with E-state index in [1.807, 2.05) is 0 Å². The summed E-state index contributed by atoms with van der Waals surface area (Å²) in [5.74, 6) is 8.60. The number of rotatable bonds is 44. The van der Waals surface area contributed by atoms with E-state index in [0.29, 0.717) is 0 Å². The van der Waals surface area contributed by atoms with Crippen LogP contribution in [0, 0.1) is 107 Å². The first-order valence-corrected chi connectivity index (χ1v) is 77.0. The van der Waals surface area contributed by atoms with Crippen molar-refractivity contribution >= 4 is 68.1 Å². The van der Waals surface area contributed by atoms with Crippen LogP contribution in [0.2, 0.25) is 0 Å². The van der Waals surface area contributed by atoms with Gasteiger partial charge in [-0.1, -0.05) is 386 Å². The molecule has 0 unspecified atom stereocenters. The van der Waals surface area contributed by atoms with Crippen molar-refractivity contribution in [2.75, 3.05) is 39.6 Å². The predicted molar refractivity (Wildman–Crippen MR) is 587 cm³/mol. The van der Waals surface area contributed by atoms with E-state index >= 15 is 0 Å². The zero-order valence-electron chi connectivity index (χ0n) is 92.6.